The summed E-state index contributed by atoms with van der Waals surface area (Å²) >= 11 is 1.34. The zero-order chi connectivity index (χ0) is 21.3. The Morgan fingerprint density at radius 3 is 2.71 bits per heavy atom. The van der Waals surface area contributed by atoms with Crippen molar-refractivity contribution in [2.75, 3.05) is 11.4 Å². The third kappa shape index (κ3) is 6.23. The molecule has 7 nitrogen and oxygen atoms in total. The number of carbonyl (C=O) groups is 1. The van der Waals surface area contributed by atoms with E-state index in [1.54, 1.807) is 18.7 Å². The first-order valence-corrected chi connectivity index (χ1v) is 10.8. The zero-order valence-electron chi connectivity index (χ0n) is 17.0. The van der Waals surface area contributed by atoms with Crippen molar-refractivity contribution in [2.24, 2.45) is 0 Å². The van der Waals surface area contributed by atoms with E-state index in [4.69, 9.17) is 9.40 Å². The van der Waals surface area contributed by atoms with Crippen LogP contribution >= 0.6 is 11.5 Å². The molecule has 3 heterocycles. The minimum atomic E-state index is -0.0256. The van der Waals surface area contributed by atoms with Gasteiger partial charge in [0.25, 0.3) is 0 Å². The number of hydrogen-bond donors (Lipinski definition) is 1. The van der Waals surface area contributed by atoms with Gasteiger partial charge in [-0.25, -0.2) is 4.98 Å². The third-order valence-corrected chi connectivity index (χ3v) is 5.50. The van der Waals surface area contributed by atoms with Crippen molar-refractivity contribution in [3.63, 3.8) is 0 Å². The monoisotopic (exact) mass is 433 g/mol. The summed E-state index contributed by atoms with van der Waals surface area (Å²) in [5.74, 6) is 1.56. The van der Waals surface area contributed by atoms with Crippen molar-refractivity contribution in [2.45, 2.75) is 25.9 Å². The second kappa shape index (κ2) is 10.5. The van der Waals surface area contributed by atoms with Crippen molar-refractivity contribution in [3.8, 4) is 0 Å². The molecule has 4 aromatic rings. The number of carbonyl (C=O) groups excluding carboxylic acids is 1. The lowest BCUT2D eigenvalue weighted by Crippen LogP contribution is -2.30. The van der Waals surface area contributed by atoms with Crippen LogP contribution in [0.15, 0.2) is 77.7 Å². The maximum atomic E-state index is 12.4. The van der Waals surface area contributed by atoms with Crippen LogP contribution in [0.4, 0.5) is 5.13 Å². The molecule has 158 valence electrons. The van der Waals surface area contributed by atoms with E-state index in [9.17, 15) is 4.79 Å². The van der Waals surface area contributed by atoms with Gasteiger partial charge >= 0.3 is 0 Å². The Bertz CT molecular complexity index is 1070. The molecule has 0 fully saturated rings. The smallest absolute Gasteiger partial charge is 0.222 e. The average molecular weight is 434 g/mol. The fourth-order valence-electron chi connectivity index (χ4n) is 3.08. The van der Waals surface area contributed by atoms with Gasteiger partial charge in [-0.3, -0.25) is 9.78 Å². The van der Waals surface area contributed by atoms with E-state index in [0.717, 1.165) is 22.3 Å². The van der Waals surface area contributed by atoms with E-state index < -0.39 is 0 Å². The molecule has 0 saturated carbocycles. The van der Waals surface area contributed by atoms with Gasteiger partial charge in [-0.1, -0.05) is 36.4 Å². The van der Waals surface area contributed by atoms with Crippen LogP contribution in [0.1, 0.15) is 29.1 Å². The molecule has 0 aliphatic carbocycles. The second-order valence-corrected chi connectivity index (χ2v) is 7.77. The molecule has 31 heavy (non-hydrogen) atoms. The Kier molecular flexibility index (Phi) is 7.02. The second-order valence-electron chi connectivity index (χ2n) is 7.04. The third-order valence-electron chi connectivity index (χ3n) is 4.68. The Morgan fingerprint density at radius 1 is 1.06 bits per heavy atom. The fourth-order valence-corrected chi connectivity index (χ4v) is 3.79. The van der Waals surface area contributed by atoms with Gasteiger partial charge in [-0.2, -0.15) is 4.37 Å². The molecule has 1 aromatic carbocycles. The van der Waals surface area contributed by atoms with E-state index in [0.29, 0.717) is 32.5 Å². The van der Waals surface area contributed by atoms with Gasteiger partial charge in [0.1, 0.15) is 11.6 Å². The lowest BCUT2D eigenvalue weighted by Gasteiger charge is -2.20. The summed E-state index contributed by atoms with van der Waals surface area (Å²) in [6.07, 6.45) is 6.13. The van der Waals surface area contributed by atoms with Crippen molar-refractivity contribution < 1.29 is 9.21 Å². The lowest BCUT2D eigenvalue weighted by molar-refractivity contribution is -0.121. The van der Waals surface area contributed by atoms with Gasteiger partial charge in [-0.15, -0.1) is 0 Å². The standard InChI is InChI=1S/C23H23N5O2S/c29-22(25-16-19-8-4-11-24-15-19)10-12-28(17-20-9-5-13-30-20)23-26-21(27-31-23)14-18-6-2-1-3-7-18/h1-9,11,13,15H,10,12,14,16-17H2,(H,25,29). The summed E-state index contributed by atoms with van der Waals surface area (Å²) in [7, 11) is 0. The Morgan fingerprint density at radius 2 is 1.94 bits per heavy atom. The highest BCUT2D eigenvalue weighted by atomic mass is 32.1. The Hall–Kier alpha value is -3.52. The first-order valence-electron chi connectivity index (χ1n) is 10.1. The minimum Gasteiger partial charge on any atom is -0.467 e. The van der Waals surface area contributed by atoms with Gasteiger partial charge in [-0.05, 0) is 29.3 Å². The molecule has 0 spiro atoms. The quantitative estimate of drug-likeness (QED) is 0.409. The number of amides is 1. The molecule has 0 unspecified atom stereocenters. The Labute approximate surface area is 184 Å². The van der Waals surface area contributed by atoms with Crippen LogP contribution in [0.2, 0.25) is 0 Å². The molecule has 0 bridgehead atoms. The van der Waals surface area contributed by atoms with Crippen LogP contribution in [-0.2, 0) is 24.3 Å². The Balaban J connectivity index is 1.38. The highest BCUT2D eigenvalue weighted by Gasteiger charge is 2.16. The maximum Gasteiger partial charge on any atom is 0.222 e. The number of nitrogens with zero attached hydrogens (tertiary/aromatic N) is 4. The number of aromatic nitrogens is 3. The molecule has 1 N–H and O–H groups in total. The van der Waals surface area contributed by atoms with Crippen LogP contribution in [0.3, 0.4) is 0 Å². The van der Waals surface area contributed by atoms with E-state index in [-0.39, 0.29) is 5.91 Å². The predicted octanol–water partition coefficient (Wildman–Crippen LogP) is 3.83. The van der Waals surface area contributed by atoms with Crippen LogP contribution < -0.4 is 10.2 Å². The van der Waals surface area contributed by atoms with E-state index in [1.807, 2.05) is 47.4 Å². The summed E-state index contributed by atoms with van der Waals surface area (Å²) in [6, 6.07) is 17.7. The van der Waals surface area contributed by atoms with Gasteiger partial charge in [0.05, 0.1) is 12.8 Å². The normalized spacial score (nSPS) is 10.7. The first kappa shape index (κ1) is 20.7. The highest BCUT2D eigenvalue weighted by molar-refractivity contribution is 7.09. The molecule has 3 aromatic heterocycles. The minimum absolute atomic E-state index is 0.0256. The van der Waals surface area contributed by atoms with Gasteiger partial charge in [0, 0.05) is 49.9 Å². The van der Waals surface area contributed by atoms with Crippen LogP contribution in [0, 0.1) is 0 Å². The number of hydrogen-bond acceptors (Lipinski definition) is 7. The molecule has 0 saturated heterocycles. The van der Waals surface area contributed by atoms with Gasteiger partial charge in [0.15, 0.2) is 0 Å². The molecule has 0 atom stereocenters. The summed E-state index contributed by atoms with van der Waals surface area (Å²) in [5, 5.41) is 3.72. The van der Waals surface area contributed by atoms with Crippen molar-refractivity contribution in [1.82, 2.24) is 19.7 Å². The average Bonchev–Trinajstić information content (AvgIpc) is 3.49. The molecule has 0 radical (unpaired) electrons. The van der Waals surface area contributed by atoms with E-state index >= 15 is 0 Å². The van der Waals surface area contributed by atoms with Crippen molar-refractivity contribution in [3.05, 3.63) is 96.0 Å². The number of benzene rings is 1. The van der Waals surface area contributed by atoms with Crippen LogP contribution in [0.25, 0.3) is 0 Å². The maximum absolute atomic E-state index is 12.4. The number of furan rings is 1. The summed E-state index contributed by atoms with van der Waals surface area (Å²) in [6.45, 7) is 1.51. The van der Waals surface area contributed by atoms with Crippen LogP contribution in [0.5, 0.6) is 0 Å². The molecule has 4 rings (SSSR count). The largest absolute Gasteiger partial charge is 0.467 e. The summed E-state index contributed by atoms with van der Waals surface area (Å²) < 4.78 is 10.0. The molecule has 0 aliphatic rings. The molecule has 1 amide bonds. The van der Waals surface area contributed by atoms with Gasteiger partial charge < -0.3 is 14.6 Å². The molecule has 8 heteroatoms. The number of anilines is 1. The SMILES string of the molecule is O=C(CCN(Cc1ccco1)c1nc(Cc2ccccc2)ns1)NCc1cccnc1. The first-order chi connectivity index (χ1) is 15.3. The molecular formula is C23H23N5O2S. The number of nitrogens with one attached hydrogen (secondary N) is 1. The summed E-state index contributed by atoms with van der Waals surface area (Å²) in [4.78, 5) is 23.2. The number of pyridine rings is 1. The predicted molar refractivity (Wildman–Crippen MR) is 120 cm³/mol. The van der Waals surface area contributed by atoms with E-state index in [1.165, 1.54) is 17.1 Å². The molecular weight excluding hydrogens is 410 g/mol. The van der Waals surface area contributed by atoms with E-state index in [2.05, 4.69) is 26.8 Å². The van der Waals surface area contributed by atoms with Gasteiger partial charge in [0.2, 0.25) is 11.0 Å². The zero-order valence-corrected chi connectivity index (χ0v) is 17.8. The number of rotatable bonds is 10. The van der Waals surface area contributed by atoms with Crippen LogP contribution in [-0.4, -0.2) is 26.8 Å². The van der Waals surface area contributed by atoms with Crippen molar-refractivity contribution in [1.29, 1.82) is 0 Å². The fraction of sp³-hybridized carbons (Fsp3) is 0.217. The lowest BCUT2D eigenvalue weighted by atomic mass is 10.1. The topological polar surface area (TPSA) is 84.2 Å². The summed E-state index contributed by atoms with van der Waals surface area (Å²) in [5.41, 5.74) is 2.14. The highest BCUT2D eigenvalue weighted by Crippen LogP contribution is 2.22. The van der Waals surface area contributed by atoms with Crippen molar-refractivity contribution >= 4 is 22.6 Å². The molecule has 0 aliphatic heterocycles.